The van der Waals surface area contributed by atoms with E-state index in [4.69, 9.17) is 4.74 Å². The van der Waals surface area contributed by atoms with Crippen molar-refractivity contribution in [2.75, 3.05) is 7.11 Å². The highest BCUT2D eigenvalue weighted by Gasteiger charge is 2.23. The molecular formula is C9H11BrINO2. The highest BCUT2D eigenvalue weighted by molar-refractivity contribution is 14.1. The number of hydrogen-bond acceptors (Lipinski definition) is 3. The molecular weight excluding hydrogens is 361 g/mol. The first kappa shape index (κ1) is 12.2. The van der Waals surface area contributed by atoms with Crippen LogP contribution < -0.4 is 4.74 Å². The Bertz CT molecular complexity index is 349. The Morgan fingerprint density at radius 2 is 2.14 bits per heavy atom. The summed E-state index contributed by atoms with van der Waals surface area (Å²) < 4.78 is 6.61. The van der Waals surface area contributed by atoms with Crippen molar-refractivity contribution in [1.82, 2.24) is 4.98 Å². The number of halogens is 2. The average molecular weight is 372 g/mol. The SMILES string of the molecule is COc1c(C(C)(C)O)cc(I)nc1Br. The van der Waals surface area contributed by atoms with Crippen LogP contribution in [0.4, 0.5) is 0 Å². The van der Waals surface area contributed by atoms with Crippen LogP contribution in [-0.2, 0) is 5.60 Å². The second-order valence-corrected chi connectivity index (χ2v) is 5.23. The Morgan fingerprint density at radius 3 is 2.57 bits per heavy atom. The smallest absolute Gasteiger partial charge is 0.157 e. The molecule has 1 aromatic heterocycles. The summed E-state index contributed by atoms with van der Waals surface area (Å²) in [4.78, 5) is 4.19. The molecule has 0 radical (unpaired) electrons. The summed E-state index contributed by atoms with van der Waals surface area (Å²) in [5, 5.41) is 9.92. The van der Waals surface area contributed by atoms with Gasteiger partial charge in [-0.05, 0) is 58.4 Å². The minimum Gasteiger partial charge on any atom is -0.494 e. The fourth-order valence-corrected chi connectivity index (χ4v) is 2.57. The second-order valence-electron chi connectivity index (χ2n) is 3.38. The maximum absolute atomic E-state index is 9.92. The van der Waals surface area contributed by atoms with Crippen molar-refractivity contribution in [2.45, 2.75) is 19.4 Å². The molecule has 1 rings (SSSR count). The third-order valence-electron chi connectivity index (χ3n) is 1.76. The van der Waals surface area contributed by atoms with Gasteiger partial charge in [-0.15, -0.1) is 0 Å². The Morgan fingerprint density at radius 1 is 1.57 bits per heavy atom. The summed E-state index contributed by atoms with van der Waals surface area (Å²) in [6.07, 6.45) is 0. The molecule has 0 saturated carbocycles. The average Bonchev–Trinajstić information content (AvgIpc) is 2.01. The van der Waals surface area contributed by atoms with Gasteiger partial charge in [0.15, 0.2) is 5.75 Å². The Balaban J connectivity index is 3.40. The molecule has 0 aromatic carbocycles. The van der Waals surface area contributed by atoms with E-state index in [1.807, 2.05) is 6.07 Å². The number of aliphatic hydroxyl groups is 1. The molecule has 1 N–H and O–H groups in total. The fraction of sp³-hybridized carbons (Fsp3) is 0.444. The van der Waals surface area contributed by atoms with E-state index in [9.17, 15) is 5.11 Å². The molecule has 0 bridgehead atoms. The topological polar surface area (TPSA) is 42.4 Å². The van der Waals surface area contributed by atoms with Gasteiger partial charge in [-0.3, -0.25) is 0 Å². The van der Waals surface area contributed by atoms with Gasteiger partial charge in [-0.25, -0.2) is 4.98 Å². The van der Waals surface area contributed by atoms with E-state index in [-0.39, 0.29) is 0 Å². The van der Waals surface area contributed by atoms with Crippen LogP contribution in [0.3, 0.4) is 0 Å². The van der Waals surface area contributed by atoms with E-state index in [0.717, 1.165) is 9.26 Å². The Labute approximate surface area is 105 Å². The van der Waals surface area contributed by atoms with Gasteiger partial charge in [0.2, 0.25) is 0 Å². The van der Waals surface area contributed by atoms with Crippen molar-refractivity contribution in [3.8, 4) is 5.75 Å². The van der Waals surface area contributed by atoms with Crippen molar-refractivity contribution in [3.05, 3.63) is 19.9 Å². The standard InChI is InChI=1S/C9H11BrINO2/c1-9(2,13)5-4-6(11)12-8(10)7(5)14-3/h4,13H,1-3H3. The van der Waals surface area contributed by atoms with Crippen LogP contribution in [0.2, 0.25) is 0 Å². The monoisotopic (exact) mass is 371 g/mol. The molecule has 78 valence electrons. The van der Waals surface area contributed by atoms with Crippen molar-refractivity contribution < 1.29 is 9.84 Å². The number of methoxy groups -OCH3 is 1. The number of hydrogen-bond donors (Lipinski definition) is 1. The molecule has 0 aliphatic carbocycles. The van der Waals surface area contributed by atoms with Crippen molar-refractivity contribution >= 4 is 38.5 Å². The summed E-state index contributed by atoms with van der Waals surface area (Å²) in [6, 6.07) is 1.81. The lowest BCUT2D eigenvalue weighted by Gasteiger charge is -2.21. The molecule has 0 fully saturated rings. The number of aromatic nitrogens is 1. The first-order valence-corrected chi connectivity index (χ1v) is 5.86. The summed E-state index contributed by atoms with van der Waals surface area (Å²) in [6.45, 7) is 3.43. The van der Waals surface area contributed by atoms with Gasteiger partial charge in [0.25, 0.3) is 0 Å². The Hall–Kier alpha value is 0.120. The molecule has 0 aliphatic rings. The summed E-state index contributed by atoms with van der Waals surface area (Å²) >= 11 is 5.39. The molecule has 5 heteroatoms. The first-order valence-electron chi connectivity index (χ1n) is 3.99. The molecule has 0 aliphatic heterocycles. The number of ether oxygens (including phenoxy) is 1. The molecule has 0 saturated heterocycles. The highest BCUT2D eigenvalue weighted by Crippen LogP contribution is 2.35. The third-order valence-corrected chi connectivity index (χ3v) is 2.85. The van der Waals surface area contributed by atoms with Crippen LogP contribution >= 0.6 is 38.5 Å². The van der Waals surface area contributed by atoms with Gasteiger partial charge < -0.3 is 9.84 Å². The predicted molar refractivity (Wildman–Crippen MR) is 66.5 cm³/mol. The zero-order valence-corrected chi connectivity index (χ0v) is 11.9. The van der Waals surface area contributed by atoms with Gasteiger partial charge in [0.05, 0.1) is 12.7 Å². The second kappa shape index (κ2) is 4.32. The minimum atomic E-state index is -0.934. The normalized spacial score (nSPS) is 11.6. The van der Waals surface area contributed by atoms with Gasteiger partial charge in [0, 0.05) is 5.56 Å². The van der Waals surface area contributed by atoms with Crippen molar-refractivity contribution in [1.29, 1.82) is 0 Å². The van der Waals surface area contributed by atoms with Crippen LogP contribution in [0.1, 0.15) is 19.4 Å². The van der Waals surface area contributed by atoms with Crippen LogP contribution in [-0.4, -0.2) is 17.2 Å². The van der Waals surface area contributed by atoms with E-state index in [2.05, 4.69) is 43.5 Å². The van der Waals surface area contributed by atoms with E-state index in [1.54, 1.807) is 21.0 Å². The zero-order chi connectivity index (χ0) is 10.9. The van der Waals surface area contributed by atoms with E-state index >= 15 is 0 Å². The van der Waals surface area contributed by atoms with Crippen LogP contribution in [0.15, 0.2) is 10.7 Å². The summed E-state index contributed by atoms with van der Waals surface area (Å²) in [7, 11) is 1.56. The molecule has 0 amide bonds. The molecule has 0 spiro atoms. The zero-order valence-electron chi connectivity index (χ0n) is 8.14. The number of nitrogens with zero attached hydrogens (tertiary/aromatic N) is 1. The first-order chi connectivity index (χ1) is 6.36. The number of rotatable bonds is 2. The van der Waals surface area contributed by atoms with Crippen LogP contribution in [0.5, 0.6) is 5.75 Å². The lowest BCUT2D eigenvalue weighted by Crippen LogP contribution is -2.17. The van der Waals surface area contributed by atoms with Crippen molar-refractivity contribution in [3.63, 3.8) is 0 Å². The van der Waals surface area contributed by atoms with Crippen LogP contribution in [0, 0.1) is 3.70 Å². The maximum atomic E-state index is 9.92. The molecule has 0 atom stereocenters. The van der Waals surface area contributed by atoms with Gasteiger partial charge in [-0.1, -0.05) is 0 Å². The third kappa shape index (κ3) is 2.58. The molecule has 14 heavy (non-hydrogen) atoms. The lowest BCUT2D eigenvalue weighted by molar-refractivity contribution is 0.0752. The Kier molecular flexibility index (Phi) is 3.76. The molecule has 0 unspecified atom stereocenters. The largest absolute Gasteiger partial charge is 0.494 e. The van der Waals surface area contributed by atoms with Gasteiger partial charge in [-0.2, -0.15) is 0 Å². The van der Waals surface area contributed by atoms with Gasteiger partial charge >= 0.3 is 0 Å². The molecule has 3 nitrogen and oxygen atoms in total. The van der Waals surface area contributed by atoms with E-state index in [1.165, 1.54) is 0 Å². The highest BCUT2D eigenvalue weighted by atomic mass is 127. The van der Waals surface area contributed by atoms with Gasteiger partial charge in [0.1, 0.15) is 8.30 Å². The maximum Gasteiger partial charge on any atom is 0.157 e. The van der Waals surface area contributed by atoms with Crippen molar-refractivity contribution in [2.24, 2.45) is 0 Å². The lowest BCUT2D eigenvalue weighted by atomic mass is 9.99. The van der Waals surface area contributed by atoms with Crippen LogP contribution in [0.25, 0.3) is 0 Å². The molecule has 1 heterocycles. The minimum absolute atomic E-state index is 0.581. The quantitative estimate of drug-likeness (QED) is 0.642. The van der Waals surface area contributed by atoms with E-state index in [0.29, 0.717) is 10.4 Å². The summed E-state index contributed by atoms with van der Waals surface area (Å²) in [5.74, 6) is 0.581. The fourth-order valence-electron chi connectivity index (χ4n) is 1.12. The van der Waals surface area contributed by atoms with E-state index < -0.39 is 5.60 Å². The number of pyridine rings is 1. The summed E-state index contributed by atoms with van der Waals surface area (Å²) in [5.41, 5.74) is -0.206. The molecule has 1 aromatic rings. The predicted octanol–water partition coefficient (Wildman–Crippen LogP) is 2.68.